The van der Waals surface area contributed by atoms with E-state index in [0.717, 1.165) is 26.7 Å². The van der Waals surface area contributed by atoms with Crippen LogP contribution in [0, 0.1) is 6.92 Å². The minimum absolute atomic E-state index is 0.0597. The van der Waals surface area contributed by atoms with E-state index in [1.807, 2.05) is 62.3 Å². The van der Waals surface area contributed by atoms with E-state index in [4.69, 9.17) is 5.73 Å². The summed E-state index contributed by atoms with van der Waals surface area (Å²) in [6.45, 7) is 2.81. The highest BCUT2D eigenvalue weighted by atomic mass is 32.1. The maximum Gasteiger partial charge on any atom is 0.255 e. The molecule has 0 radical (unpaired) electrons. The van der Waals surface area contributed by atoms with Crippen LogP contribution in [-0.4, -0.2) is 47.3 Å². The summed E-state index contributed by atoms with van der Waals surface area (Å²) in [6, 6.07) is 18.2. The molecule has 4 rings (SSSR count). The van der Waals surface area contributed by atoms with Gasteiger partial charge in [-0.25, -0.2) is 9.97 Å². The number of thiophene rings is 1. The fraction of sp³-hybridized carbons (Fsp3) is 0.185. The number of nitrogens with one attached hydrogen (secondary N) is 3. The Kier molecular flexibility index (Phi) is 8.11. The van der Waals surface area contributed by atoms with Crippen molar-refractivity contribution in [2.75, 3.05) is 42.3 Å². The number of hydrogen-bond donors (Lipinski definition) is 4. The van der Waals surface area contributed by atoms with E-state index in [9.17, 15) is 9.59 Å². The number of amides is 2. The van der Waals surface area contributed by atoms with Gasteiger partial charge in [-0.2, -0.15) is 0 Å². The fourth-order valence-corrected chi connectivity index (χ4v) is 4.65. The number of aromatic nitrogens is 2. The second-order valence-corrected chi connectivity index (χ2v) is 9.82. The maximum atomic E-state index is 12.5. The summed E-state index contributed by atoms with van der Waals surface area (Å²) in [7, 11) is 3.71. The zero-order chi connectivity index (χ0) is 26.4. The first-order chi connectivity index (χ1) is 17.8. The molecule has 0 fully saturated rings. The molecule has 2 aromatic carbocycles. The first-order valence-corrected chi connectivity index (χ1v) is 12.5. The number of nitrogen functional groups attached to an aromatic ring is 1. The number of carbonyl (C=O) groups is 2. The number of anilines is 4. The van der Waals surface area contributed by atoms with Gasteiger partial charge < -0.3 is 26.6 Å². The van der Waals surface area contributed by atoms with Crippen molar-refractivity contribution >= 4 is 45.5 Å². The van der Waals surface area contributed by atoms with Crippen LogP contribution in [0.3, 0.4) is 0 Å². The highest BCUT2D eigenvalue weighted by molar-refractivity contribution is 7.19. The number of likely N-dealkylation sites (N-methyl/N-ethyl adjacent to an activating group) is 1. The number of aryl methyl sites for hydroxylation is 1. The van der Waals surface area contributed by atoms with Crippen LogP contribution in [0.25, 0.3) is 10.6 Å². The van der Waals surface area contributed by atoms with Crippen molar-refractivity contribution in [3.05, 3.63) is 83.6 Å². The highest BCUT2D eigenvalue weighted by Gasteiger charge is 2.13. The van der Waals surface area contributed by atoms with Gasteiger partial charge in [-0.3, -0.25) is 9.59 Å². The van der Waals surface area contributed by atoms with Crippen LogP contribution < -0.4 is 21.7 Å². The lowest BCUT2D eigenvalue weighted by atomic mass is 10.1. The smallest absolute Gasteiger partial charge is 0.255 e. The second kappa shape index (κ2) is 11.6. The molecule has 0 unspecified atom stereocenters. The number of nitrogens with two attached hydrogens (primary N) is 1. The molecule has 0 aliphatic carbocycles. The van der Waals surface area contributed by atoms with Crippen LogP contribution in [0.4, 0.5) is 22.3 Å². The van der Waals surface area contributed by atoms with Crippen molar-refractivity contribution in [2.24, 2.45) is 0 Å². The standard InChI is InChI=1S/C27H29N7O2S/c1-17-14-24(33-23(35)16-34(2)3)37-25(17)22-12-13-29-27(32-22)30-15-18-8-10-19(11-9-18)26(36)31-21-7-5-4-6-20(21)28/h4-14H,15-16,28H2,1-3H3,(H,31,36)(H,33,35)(H,29,30,32). The minimum atomic E-state index is -0.225. The van der Waals surface area contributed by atoms with Crippen LogP contribution in [0.15, 0.2) is 66.9 Å². The quantitative estimate of drug-likeness (QED) is 0.243. The Labute approximate surface area is 219 Å². The molecular weight excluding hydrogens is 486 g/mol. The Hall–Kier alpha value is -4.28. The number of hydrogen-bond acceptors (Lipinski definition) is 8. The SMILES string of the molecule is Cc1cc(NC(=O)CN(C)C)sc1-c1ccnc(NCc2ccc(C(=O)Nc3ccccc3N)cc2)n1. The zero-order valence-corrected chi connectivity index (χ0v) is 21.7. The average molecular weight is 516 g/mol. The fourth-order valence-electron chi connectivity index (χ4n) is 3.59. The lowest BCUT2D eigenvalue weighted by Crippen LogP contribution is -2.26. The van der Waals surface area contributed by atoms with Gasteiger partial charge in [-0.05, 0) is 68.5 Å². The highest BCUT2D eigenvalue weighted by Crippen LogP contribution is 2.34. The first kappa shape index (κ1) is 25.8. The van der Waals surface area contributed by atoms with Crippen molar-refractivity contribution < 1.29 is 9.59 Å². The lowest BCUT2D eigenvalue weighted by molar-refractivity contribution is -0.116. The molecule has 2 heterocycles. The Bertz CT molecular complexity index is 1400. The van der Waals surface area contributed by atoms with Gasteiger partial charge in [0.1, 0.15) is 0 Å². The largest absolute Gasteiger partial charge is 0.397 e. The third-order valence-electron chi connectivity index (χ3n) is 5.40. The maximum absolute atomic E-state index is 12.5. The van der Waals surface area contributed by atoms with Gasteiger partial charge in [-0.1, -0.05) is 24.3 Å². The number of carbonyl (C=O) groups excluding carboxylic acids is 2. The van der Waals surface area contributed by atoms with Crippen molar-refractivity contribution in [3.63, 3.8) is 0 Å². The Morgan fingerprint density at radius 3 is 2.51 bits per heavy atom. The molecule has 0 saturated carbocycles. The molecule has 2 amide bonds. The molecule has 0 atom stereocenters. The van der Waals surface area contributed by atoms with Gasteiger partial charge in [0, 0.05) is 18.3 Å². The van der Waals surface area contributed by atoms with Gasteiger partial charge in [0.05, 0.1) is 33.5 Å². The van der Waals surface area contributed by atoms with E-state index in [1.54, 1.807) is 30.5 Å². The van der Waals surface area contributed by atoms with Gasteiger partial charge in [0.25, 0.3) is 5.91 Å². The van der Waals surface area contributed by atoms with E-state index in [0.29, 0.717) is 36.0 Å². The summed E-state index contributed by atoms with van der Waals surface area (Å²) < 4.78 is 0. The third-order valence-corrected chi connectivity index (χ3v) is 6.58. The van der Waals surface area contributed by atoms with E-state index in [-0.39, 0.29) is 11.8 Å². The number of rotatable bonds is 9. The predicted molar refractivity (Wildman–Crippen MR) is 150 cm³/mol. The molecule has 5 N–H and O–H groups in total. The molecule has 0 bridgehead atoms. The van der Waals surface area contributed by atoms with Crippen LogP contribution in [0.1, 0.15) is 21.5 Å². The molecule has 0 saturated heterocycles. The van der Waals surface area contributed by atoms with Gasteiger partial charge in [-0.15, -0.1) is 11.3 Å². The van der Waals surface area contributed by atoms with Crippen LogP contribution in [0.5, 0.6) is 0 Å². The minimum Gasteiger partial charge on any atom is -0.397 e. The molecule has 2 aromatic heterocycles. The van der Waals surface area contributed by atoms with E-state index in [1.165, 1.54) is 11.3 Å². The summed E-state index contributed by atoms with van der Waals surface area (Å²) in [6.07, 6.45) is 1.71. The Balaban J connectivity index is 1.37. The molecule has 10 heteroatoms. The Morgan fingerprint density at radius 2 is 1.78 bits per heavy atom. The predicted octanol–water partition coefficient (Wildman–Crippen LogP) is 4.46. The normalized spacial score (nSPS) is 10.8. The summed E-state index contributed by atoms with van der Waals surface area (Å²) in [5, 5.41) is 9.79. The molecule has 37 heavy (non-hydrogen) atoms. The molecule has 0 aliphatic rings. The topological polar surface area (TPSA) is 125 Å². The van der Waals surface area contributed by atoms with E-state index in [2.05, 4.69) is 25.9 Å². The van der Waals surface area contributed by atoms with Crippen molar-refractivity contribution in [3.8, 4) is 10.6 Å². The summed E-state index contributed by atoms with van der Waals surface area (Å²) in [5.74, 6) is 0.206. The third kappa shape index (κ3) is 6.90. The number of para-hydroxylation sites is 2. The first-order valence-electron chi connectivity index (χ1n) is 11.7. The molecular formula is C27H29N7O2S. The summed E-state index contributed by atoms with van der Waals surface area (Å²) in [5.41, 5.74) is 10.3. The Morgan fingerprint density at radius 1 is 1.03 bits per heavy atom. The molecule has 9 nitrogen and oxygen atoms in total. The van der Waals surface area contributed by atoms with Crippen LogP contribution in [-0.2, 0) is 11.3 Å². The summed E-state index contributed by atoms with van der Waals surface area (Å²) in [4.78, 5) is 36.4. The molecule has 0 spiro atoms. The van der Waals surface area contributed by atoms with Crippen LogP contribution >= 0.6 is 11.3 Å². The average Bonchev–Trinajstić information content (AvgIpc) is 3.23. The van der Waals surface area contributed by atoms with Crippen molar-refractivity contribution in [2.45, 2.75) is 13.5 Å². The van der Waals surface area contributed by atoms with Crippen molar-refractivity contribution in [1.29, 1.82) is 0 Å². The van der Waals surface area contributed by atoms with E-state index >= 15 is 0 Å². The van der Waals surface area contributed by atoms with Gasteiger partial charge >= 0.3 is 0 Å². The molecule has 4 aromatic rings. The summed E-state index contributed by atoms with van der Waals surface area (Å²) >= 11 is 1.48. The molecule has 190 valence electrons. The number of nitrogens with zero attached hydrogens (tertiary/aromatic N) is 3. The number of benzene rings is 2. The van der Waals surface area contributed by atoms with E-state index < -0.39 is 0 Å². The zero-order valence-electron chi connectivity index (χ0n) is 20.9. The van der Waals surface area contributed by atoms with Crippen LogP contribution in [0.2, 0.25) is 0 Å². The van der Waals surface area contributed by atoms with Gasteiger partial charge in [0.15, 0.2) is 0 Å². The van der Waals surface area contributed by atoms with Gasteiger partial charge in [0.2, 0.25) is 11.9 Å². The molecule has 0 aliphatic heterocycles. The van der Waals surface area contributed by atoms with Crippen molar-refractivity contribution in [1.82, 2.24) is 14.9 Å². The monoisotopic (exact) mass is 515 g/mol. The second-order valence-electron chi connectivity index (χ2n) is 8.77. The lowest BCUT2D eigenvalue weighted by Gasteiger charge is -2.09.